The highest BCUT2D eigenvalue weighted by molar-refractivity contribution is 8.00. The van der Waals surface area contributed by atoms with E-state index >= 15 is 0 Å². The van der Waals surface area contributed by atoms with Crippen molar-refractivity contribution in [2.75, 3.05) is 29.1 Å². The number of morpholine rings is 1. The van der Waals surface area contributed by atoms with Crippen molar-refractivity contribution in [3.63, 3.8) is 0 Å². The van der Waals surface area contributed by atoms with E-state index in [2.05, 4.69) is 24.1 Å². The molecule has 2 heterocycles. The summed E-state index contributed by atoms with van der Waals surface area (Å²) >= 11 is 7.56. The zero-order valence-electron chi connectivity index (χ0n) is 17.8. The summed E-state index contributed by atoms with van der Waals surface area (Å²) in [7, 11) is 0. The molecule has 8 heteroatoms. The smallest absolute Gasteiger partial charge is 0.234 e. The van der Waals surface area contributed by atoms with Gasteiger partial charge in [0.15, 0.2) is 5.82 Å². The Labute approximate surface area is 191 Å². The summed E-state index contributed by atoms with van der Waals surface area (Å²) in [5, 5.41) is 4.28. The molecule has 1 aromatic heterocycles. The lowest BCUT2D eigenvalue weighted by atomic mass is 10.2. The number of hydrogen-bond donors (Lipinski definition) is 1. The van der Waals surface area contributed by atoms with Crippen molar-refractivity contribution < 1.29 is 9.53 Å². The maximum absolute atomic E-state index is 12.6. The molecule has 1 amide bonds. The number of halogens is 1. The summed E-state index contributed by atoms with van der Waals surface area (Å²) in [5.41, 5.74) is 3.31. The number of thioether (sulfide) groups is 1. The van der Waals surface area contributed by atoms with E-state index in [0.717, 1.165) is 40.5 Å². The van der Waals surface area contributed by atoms with Crippen LogP contribution in [-0.2, 0) is 9.53 Å². The molecule has 1 N–H and O–H groups in total. The van der Waals surface area contributed by atoms with Gasteiger partial charge in [-0.05, 0) is 50.6 Å². The lowest BCUT2D eigenvalue weighted by molar-refractivity contribution is -0.113. The van der Waals surface area contributed by atoms with Crippen LogP contribution >= 0.6 is 23.4 Å². The van der Waals surface area contributed by atoms with E-state index in [9.17, 15) is 4.79 Å². The molecule has 1 aliphatic heterocycles. The van der Waals surface area contributed by atoms with E-state index in [0.29, 0.717) is 10.7 Å². The molecule has 4 rings (SSSR count). The number of nitrogens with zero attached hydrogens (tertiary/aromatic N) is 3. The van der Waals surface area contributed by atoms with Crippen molar-refractivity contribution in [1.29, 1.82) is 0 Å². The molecule has 31 heavy (non-hydrogen) atoms. The minimum atomic E-state index is -0.116. The van der Waals surface area contributed by atoms with Crippen LogP contribution in [0.4, 0.5) is 11.5 Å². The highest BCUT2D eigenvalue weighted by Crippen LogP contribution is 2.31. The summed E-state index contributed by atoms with van der Waals surface area (Å²) in [6.45, 7) is 7.52. The Morgan fingerprint density at radius 3 is 2.52 bits per heavy atom. The minimum absolute atomic E-state index is 0.101. The van der Waals surface area contributed by atoms with Gasteiger partial charge < -0.3 is 15.0 Å². The molecule has 2 aromatic carbocycles. The molecule has 3 aromatic rings. The summed E-state index contributed by atoms with van der Waals surface area (Å²) in [5.74, 6) is 0.910. The molecule has 1 saturated heterocycles. The topological polar surface area (TPSA) is 67.4 Å². The number of benzene rings is 2. The second kappa shape index (κ2) is 9.42. The molecular formula is C23H25ClN4O2S. The molecule has 0 aliphatic carbocycles. The number of rotatable bonds is 5. The van der Waals surface area contributed by atoms with Crippen LogP contribution in [0.1, 0.15) is 19.4 Å². The normalized spacial score (nSPS) is 18.9. The number of anilines is 2. The number of nitrogens with one attached hydrogen (secondary N) is 1. The quantitative estimate of drug-likeness (QED) is 0.549. The second-order valence-corrected chi connectivity index (χ2v) is 9.18. The number of fused-ring (bicyclic) bond motifs is 1. The van der Waals surface area contributed by atoms with Gasteiger partial charge >= 0.3 is 0 Å². The van der Waals surface area contributed by atoms with E-state index in [1.165, 1.54) is 11.8 Å². The number of carbonyl (C=O) groups excluding carboxylic acids is 1. The van der Waals surface area contributed by atoms with Gasteiger partial charge in [0.2, 0.25) is 5.91 Å². The largest absolute Gasteiger partial charge is 0.372 e. The SMILES string of the molecule is Cc1ccc(NC(=O)CSc2nc3ccccc3nc2N2C[C@@H](C)O[C@H](C)C2)cc1Cl. The highest BCUT2D eigenvalue weighted by Gasteiger charge is 2.26. The van der Waals surface area contributed by atoms with Crippen molar-refractivity contribution in [3.05, 3.63) is 53.1 Å². The van der Waals surface area contributed by atoms with Gasteiger partial charge in [0.1, 0.15) is 5.03 Å². The molecule has 6 nitrogen and oxygen atoms in total. The van der Waals surface area contributed by atoms with E-state index in [4.69, 9.17) is 26.3 Å². The Bertz CT molecular complexity index is 1100. The Balaban J connectivity index is 1.55. The molecule has 0 radical (unpaired) electrons. The van der Waals surface area contributed by atoms with Crippen LogP contribution in [0.2, 0.25) is 5.02 Å². The van der Waals surface area contributed by atoms with Crippen molar-refractivity contribution >= 4 is 51.8 Å². The van der Waals surface area contributed by atoms with Crippen LogP contribution in [0, 0.1) is 6.92 Å². The van der Waals surface area contributed by atoms with Gasteiger partial charge in [0.25, 0.3) is 0 Å². The summed E-state index contributed by atoms with van der Waals surface area (Å²) in [6, 6.07) is 13.3. The van der Waals surface area contributed by atoms with Crippen LogP contribution in [0.5, 0.6) is 0 Å². The lowest BCUT2D eigenvalue weighted by Crippen LogP contribution is -2.46. The first kappa shape index (κ1) is 21.9. The first-order chi connectivity index (χ1) is 14.9. The fourth-order valence-electron chi connectivity index (χ4n) is 3.63. The average molecular weight is 457 g/mol. The highest BCUT2D eigenvalue weighted by atomic mass is 35.5. The van der Waals surface area contributed by atoms with Gasteiger partial charge in [-0.1, -0.05) is 41.6 Å². The zero-order valence-corrected chi connectivity index (χ0v) is 19.3. The Kier molecular flexibility index (Phi) is 6.65. The molecule has 0 unspecified atom stereocenters. The number of ether oxygens (including phenoxy) is 1. The maximum Gasteiger partial charge on any atom is 0.234 e. The first-order valence-electron chi connectivity index (χ1n) is 10.2. The lowest BCUT2D eigenvalue weighted by Gasteiger charge is -2.36. The third kappa shape index (κ3) is 5.29. The van der Waals surface area contributed by atoms with Crippen LogP contribution in [-0.4, -0.2) is 46.9 Å². The van der Waals surface area contributed by atoms with Gasteiger partial charge in [0, 0.05) is 23.8 Å². The number of aromatic nitrogens is 2. The number of hydrogen-bond acceptors (Lipinski definition) is 6. The number of amides is 1. The molecule has 0 bridgehead atoms. The van der Waals surface area contributed by atoms with Crippen LogP contribution in [0.15, 0.2) is 47.5 Å². The predicted molar refractivity (Wildman–Crippen MR) is 127 cm³/mol. The molecule has 0 saturated carbocycles. The van der Waals surface area contributed by atoms with E-state index in [-0.39, 0.29) is 23.9 Å². The van der Waals surface area contributed by atoms with Crippen molar-refractivity contribution in [2.45, 2.75) is 38.0 Å². The van der Waals surface area contributed by atoms with Crippen LogP contribution in [0.3, 0.4) is 0 Å². The third-order valence-electron chi connectivity index (χ3n) is 5.04. The molecule has 0 spiro atoms. The molecule has 2 atom stereocenters. The number of aryl methyl sites for hydroxylation is 1. The molecular weight excluding hydrogens is 432 g/mol. The van der Waals surface area contributed by atoms with Gasteiger partial charge in [-0.15, -0.1) is 0 Å². The molecule has 1 aliphatic rings. The summed E-state index contributed by atoms with van der Waals surface area (Å²) < 4.78 is 5.88. The average Bonchev–Trinajstić information content (AvgIpc) is 2.73. The fourth-order valence-corrected chi connectivity index (χ4v) is 4.62. The van der Waals surface area contributed by atoms with Gasteiger partial charge in [-0.3, -0.25) is 4.79 Å². The predicted octanol–water partition coefficient (Wildman–Crippen LogP) is 4.94. The molecule has 162 valence electrons. The van der Waals surface area contributed by atoms with Crippen LogP contribution < -0.4 is 10.2 Å². The van der Waals surface area contributed by atoms with Gasteiger partial charge in [0.05, 0.1) is 29.0 Å². The van der Waals surface area contributed by atoms with Crippen molar-refractivity contribution in [2.24, 2.45) is 0 Å². The Morgan fingerprint density at radius 2 is 1.84 bits per heavy atom. The van der Waals surface area contributed by atoms with E-state index in [1.807, 2.05) is 43.3 Å². The monoisotopic (exact) mass is 456 g/mol. The van der Waals surface area contributed by atoms with Crippen molar-refractivity contribution in [3.8, 4) is 0 Å². The standard InChI is InChI=1S/C23H25ClN4O2S/c1-14-8-9-17(10-18(14)24)25-21(29)13-31-23-22(28-11-15(2)30-16(3)12-28)26-19-6-4-5-7-20(19)27-23/h4-10,15-16H,11-13H2,1-3H3,(H,25,29)/t15-,16-/m1/s1. The zero-order chi connectivity index (χ0) is 22.0. The van der Waals surface area contributed by atoms with Gasteiger partial charge in [-0.25, -0.2) is 9.97 Å². The van der Waals surface area contributed by atoms with Crippen LogP contribution in [0.25, 0.3) is 11.0 Å². The number of carbonyl (C=O) groups is 1. The van der Waals surface area contributed by atoms with E-state index < -0.39 is 0 Å². The Morgan fingerprint density at radius 1 is 1.16 bits per heavy atom. The minimum Gasteiger partial charge on any atom is -0.372 e. The van der Waals surface area contributed by atoms with Crippen molar-refractivity contribution in [1.82, 2.24) is 9.97 Å². The third-order valence-corrected chi connectivity index (χ3v) is 6.40. The van der Waals surface area contributed by atoms with E-state index in [1.54, 1.807) is 6.07 Å². The summed E-state index contributed by atoms with van der Waals surface area (Å²) in [4.78, 5) is 24.5. The first-order valence-corrected chi connectivity index (χ1v) is 11.6. The Hall–Kier alpha value is -2.35. The molecule has 1 fully saturated rings. The second-order valence-electron chi connectivity index (χ2n) is 7.80. The number of para-hydroxylation sites is 2. The maximum atomic E-state index is 12.6. The summed E-state index contributed by atoms with van der Waals surface area (Å²) in [6.07, 6.45) is 0.203. The fraction of sp³-hybridized carbons (Fsp3) is 0.348. The van der Waals surface area contributed by atoms with Gasteiger partial charge in [-0.2, -0.15) is 0 Å².